The van der Waals surface area contributed by atoms with Gasteiger partial charge in [0, 0.05) is 24.6 Å². The number of pyridine rings is 1. The second-order valence-corrected chi connectivity index (χ2v) is 5.68. The summed E-state index contributed by atoms with van der Waals surface area (Å²) in [7, 11) is 0. The highest BCUT2D eigenvalue weighted by molar-refractivity contribution is 5.36. The minimum atomic E-state index is -0.254. The van der Waals surface area contributed by atoms with E-state index in [4.69, 9.17) is 9.47 Å². The molecule has 3 rings (SSSR count). The molecule has 2 aromatic rings. The van der Waals surface area contributed by atoms with Gasteiger partial charge in [-0.1, -0.05) is 12.1 Å². The Hall–Kier alpha value is -2.11. The predicted molar refractivity (Wildman–Crippen MR) is 87.0 cm³/mol. The number of nitrogens with zero attached hydrogens (tertiary/aromatic N) is 1. The molecule has 1 aromatic heterocycles. The van der Waals surface area contributed by atoms with Crippen LogP contribution < -0.4 is 5.56 Å². The van der Waals surface area contributed by atoms with Gasteiger partial charge in [0.2, 0.25) is 0 Å². The predicted octanol–water partition coefficient (Wildman–Crippen LogP) is 2.63. The van der Waals surface area contributed by atoms with Gasteiger partial charge in [-0.2, -0.15) is 0 Å². The van der Waals surface area contributed by atoms with Gasteiger partial charge in [-0.25, -0.2) is 0 Å². The standard InChI is InChI=1S/C18H21NO4/c20-16-8-10-19(17(21)13-16)15-6-4-14(5-7-15)9-12-23-18-3-1-2-11-22-18/h4-8,10,13,18,20H,1-3,9,11-12H2. The van der Waals surface area contributed by atoms with Crippen LogP contribution in [0.15, 0.2) is 47.4 Å². The topological polar surface area (TPSA) is 60.7 Å². The Kier molecular flexibility index (Phi) is 5.10. The number of aromatic nitrogens is 1. The van der Waals surface area contributed by atoms with E-state index in [9.17, 15) is 9.90 Å². The lowest BCUT2D eigenvalue weighted by Gasteiger charge is -2.22. The van der Waals surface area contributed by atoms with Gasteiger partial charge >= 0.3 is 0 Å². The molecule has 1 fully saturated rings. The third-order valence-electron chi connectivity index (χ3n) is 3.95. The van der Waals surface area contributed by atoms with Crippen LogP contribution in [0.5, 0.6) is 5.75 Å². The summed E-state index contributed by atoms with van der Waals surface area (Å²) in [5.74, 6) is -0.0232. The van der Waals surface area contributed by atoms with Crippen LogP contribution in [0.3, 0.4) is 0 Å². The van der Waals surface area contributed by atoms with Crippen LogP contribution in [0.4, 0.5) is 0 Å². The lowest BCUT2D eigenvalue weighted by atomic mass is 10.1. The molecule has 0 radical (unpaired) electrons. The molecule has 23 heavy (non-hydrogen) atoms. The van der Waals surface area contributed by atoms with Gasteiger partial charge in [-0.05, 0) is 49.4 Å². The van der Waals surface area contributed by atoms with Crippen molar-refractivity contribution in [1.29, 1.82) is 0 Å². The molecule has 0 spiro atoms. The Balaban J connectivity index is 1.57. The Morgan fingerprint density at radius 3 is 2.74 bits per heavy atom. The zero-order chi connectivity index (χ0) is 16.1. The number of benzene rings is 1. The molecule has 0 saturated carbocycles. The molecule has 5 nitrogen and oxygen atoms in total. The molecule has 1 unspecified atom stereocenters. The lowest BCUT2D eigenvalue weighted by Crippen LogP contribution is -2.23. The molecule has 122 valence electrons. The van der Waals surface area contributed by atoms with Crippen molar-refractivity contribution in [3.05, 3.63) is 58.5 Å². The number of aromatic hydroxyl groups is 1. The van der Waals surface area contributed by atoms with E-state index in [0.29, 0.717) is 6.61 Å². The lowest BCUT2D eigenvalue weighted by molar-refractivity contribution is -0.161. The van der Waals surface area contributed by atoms with Crippen molar-refractivity contribution in [2.45, 2.75) is 32.0 Å². The maximum atomic E-state index is 11.8. The highest BCUT2D eigenvalue weighted by Crippen LogP contribution is 2.15. The summed E-state index contributed by atoms with van der Waals surface area (Å²) in [5, 5.41) is 9.30. The van der Waals surface area contributed by atoms with Crippen molar-refractivity contribution < 1.29 is 14.6 Å². The summed E-state index contributed by atoms with van der Waals surface area (Å²) >= 11 is 0. The zero-order valence-corrected chi connectivity index (χ0v) is 13.0. The molecule has 0 amide bonds. The van der Waals surface area contributed by atoms with Crippen LogP contribution in [0.1, 0.15) is 24.8 Å². The Morgan fingerprint density at radius 1 is 1.22 bits per heavy atom. The fraction of sp³-hybridized carbons (Fsp3) is 0.389. The molecule has 1 N–H and O–H groups in total. The Labute approximate surface area is 135 Å². The average Bonchev–Trinajstić information content (AvgIpc) is 2.57. The van der Waals surface area contributed by atoms with Gasteiger partial charge < -0.3 is 14.6 Å². The van der Waals surface area contributed by atoms with Crippen LogP contribution in [0, 0.1) is 0 Å². The summed E-state index contributed by atoms with van der Waals surface area (Å²) in [6, 6.07) is 10.5. The molecular formula is C18H21NO4. The van der Waals surface area contributed by atoms with Crippen LogP contribution >= 0.6 is 0 Å². The average molecular weight is 315 g/mol. The van der Waals surface area contributed by atoms with Crippen molar-refractivity contribution in [1.82, 2.24) is 4.57 Å². The van der Waals surface area contributed by atoms with E-state index in [1.807, 2.05) is 24.3 Å². The van der Waals surface area contributed by atoms with Crippen molar-refractivity contribution in [3.8, 4) is 11.4 Å². The van der Waals surface area contributed by atoms with E-state index in [1.54, 1.807) is 6.20 Å². The molecule has 5 heteroatoms. The molecule has 1 aliphatic heterocycles. The third-order valence-corrected chi connectivity index (χ3v) is 3.95. The summed E-state index contributed by atoms with van der Waals surface area (Å²) in [6.07, 6.45) is 5.58. The first-order chi connectivity index (χ1) is 11.2. The van der Waals surface area contributed by atoms with E-state index in [2.05, 4.69) is 0 Å². The second kappa shape index (κ2) is 7.44. The van der Waals surface area contributed by atoms with Gasteiger partial charge in [-0.15, -0.1) is 0 Å². The number of ether oxygens (including phenoxy) is 2. The first kappa shape index (κ1) is 15.8. The van der Waals surface area contributed by atoms with Crippen molar-refractivity contribution in [2.24, 2.45) is 0 Å². The molecule has 2 heterocycles. The molecule has 1 atom stereocenters. The molecule has 1 aromatic carbocycles. The van der Waals surface area contributed by atoms with E-state index in [-0.39, 0.29) is 17.6 Å². The molecule has 1 saturated heterocycles. The zero-order valence-electron chi connectivity index (χ0n) is 13.0. The number of hydrogen-bond donors (Lipinski definition) is 1. The van der Waals surface area contributed by atoms with Crippen LogP contribution in [-0.4, -0.2) is 29.2 Å². The fourth-order valence-electron chi connectivity index (χ4n) is 2.66. The summed E-state index contributed by atoms with van der Waals surface area (Å²) in [4.78, 5) is 11.8. The summed E-state index contributed by atoms with van der Waals surface area (Å²) < 4.78 is 12.8. The third kappa shape index (κ3) is 4.21. The second-order valence-electron chi connectivity index (χ2n) is 5.68. The smallest absolute Gasteiger partial charge is 0.258 e. The van der Waals surface area contributed by atoms with Gasteiger partial charge in [0.15, 0.2) is 6.29 Å². The minimum Gasteiger partial charge on any atom is -0.508 e. The van der Waals surface area contributed by atoms with E-state index < -0.39 is 0 Å². The van der Waals surface area contributed by atoms with Crippen LogP contribution in [0.2, 0.25) is 0 Å². The Morgan fingerprint density at radius 2 is 2.04 bits per heavy atom. The largest absolute Gasteiger partial charge is 0.508 e. The van der Waals surface area contributed by atoms with E-state index in [0.717, 1.165) is 37.1 Å². The minimum absolute atomic E-state index is 0.0232. The number of hydrogen-bond acceptors (Lipinski definition) is 4. The number of rotatable bonds is 5. The maximum Gasteiger partial charge on any atom is 0.258 e. The fourth-order valence-corrected chi connectivity index (χ4v) is 2.66. The molecule has 0 bridgehead atoms. The first-order valence-corrected chi connectivity index (χ1v) is 7.96. The van der Waals surface area contributed by atoms with Crippen molar-refractivity contribution >= 4 is 0 Å². The summed E-state index contributed by atoms with van der Waals surface area (Å²) in [5.41, 5.74) is 1.67. The van der Waals surface area contributed by atoms with Gasteiger partial charge in [0.25, 0.3) is 5.56 Å². The van der Waals surface area contributed by atoms with E-state index in [1.165, 1.54) is 23.1 Å². The molecule has 0 aliphatic carbocycles. The van der Waals surface area contributed by atoms with Gasteiger partial charge in [0.1, 0.15) is 5.75 Å². The van der Waals surface area contributed by atoms with Crippen molar-refractivity contribution in [2.75, 3.05) is 13.2 Å². The van der Waals surface area contributed by atoms with E-state index >= 15 is 0 Å². The van der Waals surface area contributed by atoms with Crippen LogP contribution in [0.25, 0.3) is 5.69 Å². The summed E-state index contributed by atoms with van der Waals surface area (Å²) in [6.45, 7) is 1.42. The maximum absolute atomic E-state index is 11.8. The normalized spacial score (nSPS) is 18.0. The molecule has 1 aliphatic rings. The highest BCUT2D eigenvalue weighted by Gasteiger charge is 2.13. The first-order valence-electron chi connectivity index (χ1n) is 7.96. The SMILES string of the molecule is O=c1cc(O)ccn1-c1ccc(CCOC2CCCCO2)cc1. The highest BCUT2D eigenvalue weighted by atomic mass is 16.7. The Bertz CT molecular complexity index is 687. The van der Waals surface area contributed by atoms with Crippen molar-refractivity contribution in [3.63, 3.8) is 0 Å². The van der Waals surface area contributed by atoms with Gasteiger partial charge in [0.05, 0.1) is 6.61 Å². The monoisotopic (exact) mass is 315 g/mol. The van der Waals surface area contributed by atoms with Crippen LogP contribution in [-0.2, 0) is 15.9 Å². The van der Waals surface area contributed by atoms with Gasteiger partial charge in [-0.3, -0.25) is 9.36 Å². The molecular weight excluding hydrogens is 294 g/mol. The quantitative estimate of drug-likeness (QED) is 0.921.